The molecular weight excluding hydrogens is 364 g/mol. The molecule has 27 heavy (non-hydrogen) atoms. The molecule has 0 aliphatic carbocycles. The molecule has 1 saturated heterocycles. The van der Waals surface area contributed by atoms with Crippen LogP contribution in [0.15, 0.2) is 53.4 Å². The number of nitrogens with one attached hydrogen (secondary N) is 1. The summed E-state index contributed by atoms with van der Waals surface area (Å²) in [7, 11) is -1.32. The fourth-order valence-corrected chi connectivity index (χ4v) is 3.75. The lowest BCUT2D eigenvalue weighted by atomic mass is 10.2. The third-order valence-electron chi connectivity index (χ3n) is 4.37. The van der Waals surface area contributed by atoms with Crippen LogP contribution in [0.25, 0.3) is 0 Å². The quantitative estimate of drug-likeness (QED) is 0.773. The zero-order chi connectivity index (χ0) is 19.2. The molecule has 7 heteroatoms. The summed E-state index contributed by atoms with van der Waals surface area (Å²) in [6.07, 6.45) is 3.90. The molecule has 142 valence electrons. The maximum absolute atomic E-state index is 12.2. The van der Waals surface area contributed by atoms with Gasteiger partial charge in [0, 0.05) is 30.7 Å². The second kappa shape index (κ2) is 8.81. The van der Waals surface area contributed by atoms with E-state index in [-0.39, 0.29) is 5.56 Å². The van der Waals surface area contributed by atoms with E-state index in [9.17, 15) is 13.8 Å². The van der Waals surface area contributed by atoms with Crippen LogP contribution < -0.4 is 10.2 Å². The molecule has 1 N–H and O–H groups in total. The Bertz CT molecular complexity index is 845. The molecule has 0 radical (unpaired) electrons. The van der Waals surface area contributed by atoms with Crippen LogP contribution in [0.5, 0.6) is 0 Å². The van der Waals surface area contributed by atoms with Crippen LogP contribution in [0.1, 0.15) is 23.2 Å². The Morgan fingerprint density at radius 2 is 1.74 bits per heavy atom. The van der Waals surface area contributed by atoms with Crippen molar-refractivity contribution in [1.82, 2.24) is 0 Å². The second-order valence-electron chi connectivity index (χ2n) is 6.32. The van der Waals surface area contributed by atoms with Gasteiger partial charge in [-0.15, -0.1) is 0 Å². The van der Waals surface area contributed by atoms with E-state index in [0.717, 1.165) is 18.8 Å². The summed E-state index contributed by atoms with van der Waals surface area (Å²) in [4.78, 5) is 26.9. The van der Waals surface area contributed by atoms with Crippen molar-refractivity contribution in [2.24, 2.45) is 0 Å². The summed E-state index contributed by atoms with van der Waals surface area (Å²) < 4.78 is 16.8. The van der Waals surface area contributed by atoms with Crippen molar-refractivity contribution in [3.8, 4) is 0 Å². The van der Waals surface area contributed by atoms with Gasteiger partial charge in [0.25, 0.3) is 5.91 Å². The summed E-state index contributed by atoms with van der Waals surface area (Å²) in [5.41, 5.74) is 2.00. The Morgan fingerprint density at radius 3 is 2.41 bits per heavy atom. The van der Waals surface area contributed by atoms with E-state index in [4.69, 9.17) is 4.74 Å². The Labute approximate surface area is 161 Å². The van der Waals surface area contributed by atoms with Gasteiger partial charge in [0.2, 0.25) is 0 Å². The summed E-state index contributed by atoms with van der Waals surface area (Å²) >= 11 is 0. The number of anilines is 2. The standard InChI is InChI=1S/C20H22N2O4S/c1-27(25)18-7-3-2-6-17(18)20(24)26-14-19(23)21-15-8-10-16(11-9-15)22-12-4-5-13-22/h2-3,6-11H,4-5,12-14H2,1H3,(H,21,23)/t27-/m1/s1. The second-order valence-corrected chi connectivity index (χ2v) is 7.66. The van der Waals surface area contributed by atoms with E-state index in [1.54, 1.807) is 18.2 Å². The molecule has 1 fully saturated rings. The first kappa shape index (κ1) is 19.1. The number of benzene rings is 2. The maximum Gasteiger partial charge on any atom is 0.339 e. The van der Waals surface area contributed by atoms with Crippen LogP contribution in [0.2, 0.25) is 0 Å². The molecule has 0 bridgehead atoms. The first-order valence-electron chi connectivity index (χ1n) is 8.79. The summed E-state index contributed by atoms with van der Waals surface area (Å²) in [5, 5.41) is 2.71. The molecular formula is C20H22N2O4S. The predicted molar refractivity (Wildman–Crippen MR) is 106 cm³/mol. The van der Waals surface area contributed by atoms with Gasteiger partial charge < -0.3 is 15.0 Å². The van der Waals surface area contributed by atoms with E-state index in [2.05, 4.69) is 10.2 Å². The third kappa shape index (κ3) is 4.95. The number of carbonyl (C=O) groups excluding carboxylic acids is 2. The van der Waals surface area contributed by atoms with Crippen molar-refractivity contribution in [3.63, 3.8) is 0 Å². The van der Waals surface area contributed by atoms with Crippen molar-refractivity contribution < 1.29 is 18.5 Å². The number of ether oxygens (including phenoxy) is 1. The summed E-state index contributed by atoms with van der Waals surface area (Å²) in [6, 6.07) is 14.1. The highest BCUT2D eigenvalue weighted by Crippen LogP contribution is 2.22. The number of amides is 1. The monoisotopic (exact) mass is 386 g/mol. The van der Waals surface area contributed by atoms with E-state index in [0.29, 0.717) is 10.6 Å². The van der Waals surface area contributed by atoms with Crippen molar-refractivity contribution in [2.45, 2.75) is 17.7 Å². The molecule has 1 amide bonds. The number of nitrogens with zero attached hydrogens (tertiary/aromatic N) is 1. The molecule has 1 aliphatic rings. The fourth-order valence-electron chi connectivity index (χ4n) is 3.02. The summed E-state index contributed by atoms with van der Waals surface area (Å²) in [6.45, 7) is 1.72. The van der Waals surface area contributed by atoms with Crippen molar-refractivity contribution >= 4 is 34.1 Å². The molecule has 2 aromatic carbocycles. The van der Waals surface area contributed by atoms with Crippen LogP contribution >= 0.6 is 0 Å². The average molecular weight is 386 g/mol. The van der Waals surface area contributed by atoms with Crippen LogP contribution in [-0.2, 0) is 20.3 Å². The van der Waals surface area contributed by atoms with Crippen molar-refractivity contribution in [2.75, 3.05) is 36.2 Å². The van der Waals surface area contributed by atoms with E-state index in [1.165, 1.54) is 25.2 Å². The highest BCUT2D eigenvalue weighted by molar-refractivity contribution is 7.84. The Morgan fingerprint density at radius 1 is 1.07 bits per heavy atom. The van der Waals surface area contributed by atoms with Gasteiger partial charge >= 0.3 is 5.97 Å². The highest BCUT2D eigenvalue weighted by atomic mass is 32.2. The number of hydrogen-bond acceptors (Lipinski definition) is 5. The Kier molecular flexibility index (Phi) is 6.24. The smallest absolute Gasteiger partial charge is 0.339 e. The van der Waals surface area contributed by atoms with Gasteiger partial charge in [0.15, 0.2) is 6.61 Å². The topological polar surface area (TPSA) is 75.7 Å². The fraction of sp³-hybridized carbons (Fsp3) is 0.300. The van der Waals surface area contributed by atoms with Crippen LogP contribution in [0, 0.1) is 0 Å². The molecule has 3 rings (SSSR count). The highest BCUT2D eigenvalue weighted by Gasteiger charge is 2.16. The number of esters is 1. The lowest BCUT2D eigenvalue weighted by Crippen LogP contribution is -2.21. The molecule has 6 nitrogen and oxygen atoms in total. The third-order valence-corrected chi connectivity index (χ3v) is 5.35. The van der Waals surface area contributed by atoms with Crippen LogP contribution in [0.4, 0.5) is 11.4 Å². The molecule has 2 aromatic rings. The van der Waals surface area contributed by atoms with Gasteiger partial charge in [-0.25, -0.2) is 4.79 Å². The first-order valence-corrected chi connectivity index (χ1v) is 10.3. The number of carbonyl (C=O) groups is 2. The summed E-state index contributed by atoms with van der Waals surface area (Å²) in [5.74, 6) is -1.09. The van der Waals surface area contributed by atoms with E-state index < -0.39 is 29.3 Å². The normalized spacial score (nSPS) is 14.6. The van der Waals surface area contributed by atoms with Gasteiger partial charge in [0.05, 0.1) is 21.3 Å². The first-order chi connectivity index (χ1) is 13.0. The van der Waals surface area contributed by atoms with Crippen LogP contribution in [-0.4, -0.2) is 42.0 Å². The molecule has 1 heterocycles. The lowest BCUT2D eigenvalue weighted by Gasteiger charge is -2.17. The zero-order valence-corrected chi connectivity index (χ0v) is 16.0. The van der Waals surface area contributed by atoms with Gasteiger partial charge in [-0.05, 0) is 49.2 Å². The van der Waals surface area contributed by atoms with Crippen molar-refractivity contribution in [3.05, 3.63) is 54.1 Å². The minimum atomic E-state index is -1.32. The number of hydrogen-bond donors (Lipinski definition) is 1. The SMILES string of the molecule is C[S@@](=O)c1ccccc1C(=O)OCC(=O)Nc1ccc(N2CCCC2)cc1. The Balaban J connectivity index is 1.54. The molecule has 1 atom stereocenters. The van der Waals surface area contributed by atoms with Gasteiger partial charge in [-0.3, -0.25) is 9.00 Å². The minimum absolute atomic E-state index is 0.209. The molecule has 0 saturated carbocycles. The number of rotatable bonds is 6. The Hall–Kier alpha value is -2.67. The van der Waals surface area contributed by atoms with E-state index >= 15 is 0 Å². The molecule has 0 aromatic heterocycles. The molecule has 1 aliphatic heterocycles. The van der Waals surface area contributed by atoms with Gasteiger partial charge in [-0.2, -0.15) is 0 Å². The van der Waals surface area contributed by atoms with Crippen LogP contribution in [0.3, 0.4) is 0 Å². The predicted octanol–water partition coefficient (Wildman–Crippen LogP) is 2.82. The average Bonchev–Trinajstić information content (AvgIpc) is 3.21. The molecule has 0 spiro atoms. The van der Waals surface area contributed by atoms with Crippen molar-refractivity contribution in [1.29, 1.82) is 0 Å². The van der Waals surface area contributed by atoms with Gasteiger partial charge in [0.1, 0.15) is 0 Å². The largest absolute Gasteiger partial charge is 0.452 e. The van der Waals surface area contributed by atoms with Gasteiger partial charge in [-0.1, -0.05) is 12.1 Å². The lowest BCUT2D eigenvalue weighted by molar-refractivity contribution is -0.119. The zero-order valence-electron chi connectivity index (χ0n) is 15.1. The minimum Gasteiger partial charge on any atom is -0.452 e. The maximum atomic E-state index is 12.2. The molecule has 0 unspecified atom stereocenters. The van der Waals surface area contributed by atoms with E-state index in [1.807, 2.05) is 24.3 Å².